The minimum Gasteiger partial charge on any atom is -0.354 e. The molecule has 130 valence electrons. The predicted molar refractivity (Wildman–Crippen MR) is 92.6 cm³/mol. The van der Waals surface area contributed by atoms with Gasteiger partial charge in [0.25, 0.3) is 5.91 Å². The molecule has 0 atom stereocenters. The summed E-state index contributed by atoms with van der Waals surface area (Å²) in [7, 11) is 0. The van der Waals surface area contributed by atoms with Gasteiger partial charge in [0.1, 0.15) is 0 Å². The Morgan fingerprint density at radius 1 is 1.29 bits per heavy atom. The minimum absolute atomic E-state index is 0.0107. The average molecular weight is 349 g/mol. The van der Waals surface area contributed by atoms with Gasteiger partial charge in [-0.05, 0) is 16.9 Å². The molecule has 0 aliphatic carbocycles. The second-order valence-corrected chi connectivity index (χ2v) is 7.75. The van der Waals surface area contributed by atoms with Crippen LogP contribution in [0.4, 0.5) is 0 Å². The van der Waals surface area contributed by atoms with Crippen LogP contribution in [0.1, 0.15) is 42.6 Å². The molecule has 0 saturated carbocycles. The molecule has 0 radical (unpaired) electrons. The Hall–Kier alpha value is -2.22. The SMILES string of the molecule is CC(C)(C)CC(=O)NCCn1cc(C(=O)NCc2cccs2)nn1. The van der Waals surface area contributed by atoms with E-state index in [0.717, 1.165) is 4.88 Å². The van der Waals surface area contributed by atoms with Crippen LogP contribution < -0.4 is 10.6 Å². The second-order valence-electron chi connectivity index (χ2n) is 6.72. The molecule has 0 aliphatic rings. The number of nitrogens with one attached hydrogen (secondary N) is 2. The molecule has 7 nitrogen and oxygen atoms in total. The number of aromatic nitrogens is 3. The van der Waals surface area contributed by atoms with Crippen molar-refractivity contribution in [2.24, 2.45) is 5.41 Å². The van der Waals surface area contributed by atoms with Crippen molar-refractivity contribution in [3.8, 4) is 0 Å². The van der Waals surface area contributed by atoms with Gasteiger partial charge in [0.2, 0.25) is 5.91 Å². The summed E-state index contributed by atoms with van der Waals surface area (Å²) < 4.78 is 1.55. The molecular formula is C16H23N5O2S. The fourth-order valence-electron chi connectivity index (χ4n) is 2.04. The van der Waals surface area contributed by atoms with E-state index in [9.17, 15) is 9.59 Å². The molecule has 2 N–H and O–H groups in total. The summed E-state index contributed by atoms with van der Waals surface area (Å²) in [5.74, 6) is -0.247. The van der Waals surface area contributed by atoms with Crippen LogP contribution >= 0.6 is 11.3 Å². The largest absolute Gasteiger partial charge is 0.354 e. The number of nitrogens with zero attached hydrogens (tertiary/aromatic N) is 3. The monoisotopic (exact) mass is 349 g/mol. The fraction of sp³-hybridized carbons (Fsp3) is 0.500. The lowest BCUT2D eigenvalue weighted by Crippen LogP contribution is -2.30. The predicted octanol–water partition coefficient (Wildman–Crippen LogP) is 1.82. The zero-order valence-corrected chi connectivity index (χ0v) is 15.0. The summed E-state index contributed by atoms with van der Waals surface area (Å²) >= 11 is 1.59. The van der Waals surface area contributed by atoms with E-state index < -0.39 is 0 Å². The lowest BCUT2D eigenvalue weighted by Gasteiger charge is -2.17. The van der Waals surface area contributed by atoms with Crippen molar-refractivity contribution in [2.45, 2.75) is 40.3 Å². The van der Waals surface area contributed by atoms with E-state index in [1.165, 1.54) is 0 Å². The highest BCUT2D eigenvalue weighted by Gasteiger charge is 2.15. The molecule has 2 aromatic rings. The average Bonchev–Trinajstić information content (AvgIpc) is 3.14. The maximum Gasteiger partial charge on any atom is 0.273 e. The maximum absolute atomic E-state index is 12.0. The van der Waals surface area contributed by atoms with Crippen molar-refractivity contribution in [1.82, 2.24) is 25.6 Å². The van der Waals surface area contributed by atoms with Crippen LogP contribution in [0, 0.1) is 5.41 Å². The van der Waals surface area contributed by atoms with Crippen LogP contribution in [0.25, 0.3) is 0 Å². The summed E-state index contributed by atoms with van der Waals surface area (Å²) in [6.45, 7) is 7.46. The number of carbonyl (C=O) groups excluding carboxylic acids is 2. The summed E-state index contributed by atoms with van der Waals surface area (Å²) in [4.78, 5) is 24.8. The Labute approximate surface area is 145 Å². The highest BCUT2D eigenvalue weighted by Crippen LogP contribution is 2.17. The molecule has 0 aliphatic heterocycles. The molecule has 2 aromatic heterocycles. The fourth-order valence-corrected chi connectivity index (χ4v) is 2.68. The number of thiophene rings is 1. The van der Waals surface area contributed by atoms with Crippen molar-refractivity contribution in [3.05, 3.63) is 34.3 Å². The van der Waals surface area contributed by atoms with Crippen LogP contribution in [0.3, 0.4) is 0 Å². The van der Waals surface area contributed by atoms with Crippen molar-refractivity contribution in [2.75, 3.05) is 6.54 Å². The molecule has 24 heavy (non-hydrogen) atoms. The van der Waals surface area contributed by atoms with Crippen LogP contribution in [0.2, 0.25) is 0 Å². The quantitative estimate of drug-likeness (QED) is 0.798. The number of amides is 2. The van der Waals surface area contributed by atoms with E-state index in [-0.39, 0.29) is 22.9 Å². The van der Waals surface area contributed by atoms with Gasteiger partial charge in [-0.2, -0.15) is 0 Å². The van der Waals surface area contributed by atoms with E-state index in [0.29, 0.717) is 26.1 Å². The first kappa shape index (κ1) is 18.1. The molecule has 8 heteroatoms. The van der Waals surface area contributed by atoms with Crippen molar-refractivity contribution in [1.29, 1.82) is 0 Å². The van der Waals surface area contributed by atoms with E-state index in [1.54, 1.807) is 22.2 Å². The van der Waals surface area contributed by atoms with Gasteiger partial charge in [0.05, 0.1) is 19.3 Å². The van der Waals surface area contributed by atoms with E-state index in [4.69, 9.17) is 0 Å². The molecule has 0 bridgehead atoms. The third-order valence-electron chi connectivity index (χ3n) is 3.13. The smallest absolute Gasteiger partial charge is 0.273 e. The van der Waals surface area contributed by atoms with Gasteiger partial charge in [0, 0.05) is 17.8 Å². The van der Waals surface area contributed by atoms with Crippen LogP contribution in [0.5, 0.6) is 0 Å². The van der Waals surface area contributed by atoms with E-state index >= 15 is 0 Å². The third kappa shape index (κ3) is 6.11. The Balaban J connectivity index is 1.74. The zero-order valence-electron chi connectivity index (χ0n) is 14.2. The number of rotatable bonds is 7. The molecule has 2 heterocycles. The maximum atomic E-state index is 12.0. The molecule has 0 saturated heterocycles. The van der Waals surface area contributed by atoms with Crippen LogP contribution in [0.15, 0.2) is 23.7 Å². The van der Waals surface area contributed by atoms with E-state index in [2.05, 4.69) is 20.9 Å². The first-order valence-electron chi connectivity index (χ1n) is 7.81. The molecule has 2 rings (SSSR count). The minimum atomic E-state index is -0.258. The lowest BCUT2D eigenvalue weighted by atomic mass is 9.92. The zero-order chi connectivity index (χ0) is 17.6. The van der Waals surface area contributed by atoms with Gasteiger partial charge in [0.15, 0.2) is 5.69 Å². The first-order valence-corrected chi connectivity index (χ1v) is 8.69. The van der Waals surface area contributed by atoms with Crippen molar-refractivity contribution >= 4 is 23.2 Å². The normalized spacial score (nSPS) is 11.3. The summed E-state index contributed by atoms with van der Waals surface area (Å²) in [6, 6.07) is 3.90. The third-order valence-corrected chi connectivity index (χ3v) is 4.00. The van der Waals surface area contributed by atoms with Gasteiger partial charge in [-0.15, -0.1) is 16.4 Å². The summed E-state index contributed by atoms with van der Waals surface area (Å²) in [5, 5.41) is 15.4. The van der Waals surface area contributed by atoms with Gasteiger partial charge in [-0.1, -0.05) is 32.1 Å². The van der Waals surface area contributed by atoms with Gasteiger partial charge in [-0.3, -0.25) is 9.59 Å². The topological polar surface area (TPSA) is 88.9 Å². The van der Waals surface area contributed by atoms with Gasteiger partial charge >= 0.3 is 0 Å². The highest BCUT2D eigenvalue weighted by molar-refractivity contribution is 7.09. The second kappa shape index (κ2) is 8.05. The highest BCUT2D eigenvalue weighted by atomic mass is 32.1. The lowest BCUT2D eigenvalue weighted by molar-refractivity contribution is -0.122. The Bertz CT molecular complexity index is 673. The van der Waals surface area contributed by atoms with E-state index in [1.807, 2.05) is 38.3 Å². The summed E-state index contributed by atoms with van der Waals surface area (Å²) in [6.07, 6.45) is 2.06. The molecular weight excluding hydrogens is 326 g/mol. The van der Waals surface area contributed by atoms with Gasteiger partial charge in [-0.25, -0.2) is 4.68 Å². The molecule has 0 fully saturated rings. The molecule has 2 amide bonds. The number of carbonyl (C=O) groups is 2. The standard InChI is InChI=1S/C16H23N5O2S/c1-16(2,3)9-14(22)17-6-7-21-11-13(19-20-21)15(23)18-10-12-5-4-8-24-12/h4-5,8,11H,6-7,9-10H2,1-3H3,(H,17,22)(H,18,23). The van der Waals surface area contributed by atoms with Crippen LogP contribution in [-0.4, -0.2) is 33.4 Å². The molecule has 0 aromatic carbocycles. The van der Waals surface area contributed by atoms with Crippen molar-refractivity contribution in [3.63, 3.8) is 0 Å². The van der Waals surface area contributed by atoms with Gasteiger partial charge < -0.3 is 10.6 Å². The Morgan fingerprint density at radius 2 is 2.08 bits per heavy atom. The van der Waals surface area contributed by atoms with Crippen molar-refractivity contribution < 1.29 is 9.59 Å². The molecule has 0 spiro atoms. The Kier molecular flexibility index (Phi) is 6.08. The molecule has 0 unspecified atom stereocenters. The van der Waals surface area contributed by atoms with Crippen LogP contribution in [-0.2, 0) is 17.9 Å². The number of hydrogen-bond acceptors (Lipinski definition) is 5. The Morgan fingerprint density at radius 3 is 2.75 bits per heavy atom. The first-order chi connectivity index (χ1) is 11.3. The summed E-state index contributed by atoms with van der Waals surface area (Å²) in [5.41, 5.74) is 0.234. The number of hydrogen-bond donors (Lipinski definition) is 2.